The lowest BCUT2D eigenvalue weighted by molar-refractivity contribution is 0.0928. The number of benzene rings is 1. The summed E-state index contributed by atoms with van der Waals surface area (Å²) in [5, 5.41) is 11.2. The van der Waals surface area contributed by atoms with Gasteiger partial charge in [-0.15, -0.1) is 12.4 Å². The number of piperidine rings is 1. The summed E-state index contributed by atoms with van der Waals surface area (Å²) < 4.78 is 1.95. The summed E-state index contributed by atoms with van der Waals surface area (Å²) in [7, 11) is 0. The maximum Gasteiger partial charge on any atom is 0.272 e. The SMILES string of the molecule is Cl.O=C(NC1CCCC1c1ccccc1)c1ccn(C2CCCNC2)n1. The van der Waals surface area contributed by atoms with Crippen molar-refractivity contribution in [2.75, 3.05) is 13.1 Å². The Hall–Kier alpha value is -1.85. The van der Waals surface area contributed by atoms with E-state index in [4.69, 9.17) is 0 Å². The van der Waals surface area contributed by atoms with Crippen LogP contribution in [0.25, 0.3) is 0 Å². The first-order chi connectivity index (χ1) is 12.3. The third-order valence-corrected chi connectivity index (χ3v) is 5.55. The average Bonchev–Trinajstić information content (AvgIpc) is 3.33. The third-order valence-electron chi connectivity index (χ3n) is 5.55. The standard InChI is InChI=1S/C20H26N4O.ClH/c25-20(19-11-13-24(23-19)16-8-5-12-21-14-16)22-18-10-4-9-17(18)15-6-2-1-3-7-15;/h1-3,6-7,11,13,16-18,21H,4-5,8-10,12,14H2,(H,22,25);1H. The van der Waals surface area contributed by atoms with Crippen molar-refractivity contribution in [2.24, 2.45) is 0 Å². The molecule has 1 amide bonds. The summed E-state index contributed by atoms with van der Waals surface area (Å²) in [6.07, 6.45) is 7.56. The molecule has 1 saturated heterocycles. The quantitative estimate of drug-likeness (QED) is 0.863. The highest BCUT2D eigenvalue weighted by molar-refractivity contribution is 5.92. The van der Waals surface area contributed by atoms with Crippen LogP contribution in [-0.4, -0.2) is 34.8 Å². The van der Waals surface area contributed by atoms with Crippen LogP contribution in [0.4, 0.5) is 0 Å². The molecule has 3 atom stereocenters. The number of rotatable bonds is 4. The number of nitrogens with one attached hydrogen (secondary N) is 2. The highest BCUT2D eigenvalue weighted by atomic mass is 35.5. The van der Waals surface area contributed by atoms with E-state index in [9.17, 15) is 4.79 Å². The van der Waals surface area contributed by atoms with Gasteiger partial charge in [0.25, 0.3) is 5.91 Å². The van der Waals surface area contributed by atoms with Crippen molar-refractivity contribution in [2.45, 2.75) is 50.1 Å². The second kappa shape index (κ2) is 8.69. The molecule has 140 valence electrons. The van der Waals surface area contributed by atoms with Crippen LogP contribution in [0, 0.1) is 0 Å². The number of hydrogen-bond donors (Lipinski definition) is 2. The number of hydrogen-bond acceptors (Lipinski definition) is 3. The van der Waals surface area contributed by atoms with Crippen molar-refractivity contribution < 1.29 is 4.79 Å². The number of halogens is 1. The van der Waals surface area contributed by atoms with Crippen molar-refractivity contribution in [1.82, 2.24) is 20.4 Å². The van der Waals surface area contributed by atoms with Crippen molar-refractivity contribution in [1.29, 1.82) is 0 Å². The summed E-state index contributed by atoms with van der Waals surface area (Å²) in [6.45, 7) is 2.01. The molecular weight excluding hydrogens is 348 g/mol. The fraction of sp³-hybridized carbons (Fsp3) is 0.500. The Bertz CT molecular complexity index is 712. The van der Waals surface area contributed by atoms with E-state index in [-0.39, 0.29) is 24.4 Å². The monoisotopic (exact) mass is 374 g/mol. The molecule has 2 fully saturated rings. The highest BCUT2D eigenvalue weighted by Gasteiger charge is 2.30. The van der Waals surface area contributed by atoms with E-state index in [0.717, 1.165) is 45.2 Å². The molecule has 1 aliphatic carbocycles. The average molecular weight is 375 g/mol. The van der Waals surface area contributed by atoms with Gasteiger partial charge in [-0.25, -0.2) is 0 Å². The van der Waals surface area contributed by atoms with E-state index in [2.05, 4.69) is 40.0 Å². The van der Waals surface area contributed by atoms with E-state index in [1.807, 2.05) is 23.0 Å². The molecular formula is C20H27ClN4O. The number of nitrogens with zero attached hydrogens (tertiary/aromatic N) is 2. The van der Waals surface area contributed by atoms with Crippen LogP contribution in [0.5, 0.6) is 0 Å². The summed E-state index contributed by atoms with van der Waals surface area (Å²) in [5.41, 5.74) is 1.85. The lowest BCUT2D eigenvalue weighted by Gasteiger charge is -2.23. The predicted molar refractivity (Wildman–Crippen MR) is 105 cm³/mol. The third kappa shape index (κ3) is 4.10. The zero-order valence-electron chi connectivity index (χ0n) is 14.9. The first kappa shape index (κ1) is 18.9. The van der Waals surface area contributed by atoms with Gasteiger partial charge in [0, 0.05) is 24.7 Å². The molecule has 2 heterocycles. The first-order valence-electron chi connectivity index (χ1n) is 9.43. The Morgan fingerprint density at radius 2 is 1.96 bits per heavy atom. The van der Waals surface area contributed by atoms with Gasteiger partial charge in [-0.2, -0.15) is 5.10 Å². The summed E-state index contributed by atoms with van der Waals surface area (Å²) in [4.78, 5) is 12.7. The number of carbonyl (C=O) groups excluding carboxylic acids is 1. The van der Waals surface area contributed by atoms with Crippen molar-refractivity contribution >= 4 is 18.3 Å². The van der Waals surface area contributed by atoms with Crippen molar-refractivity contribution in [3.8, 4) is 0 Å². The molecule has 1 aliphatic heterocycles. The second-order valence-corrected chi connectivity index (χ2v) is 7.21. The molecule has 0 spiro atoms. The van der Waals surface area contributed by atoms with E-state index >= 15 is 0 Å². The minimum Gasteiger partial charge on any atom is -0.347 e. The molecule has 1 aromatic carbocycles. The largest absolute Gasteiger partial charge is 0.347 e. The van der Waals surface area contributed by atoms with Crippen LogP contribution in [-0.2, 0) is 0 Å². The lowest BCUT2D eigenvalue weighted by Crippen LogP contribution is -2.37. The molecule has 0 bridgehead atoms. The van der Waals surface area contributed by atoms with Gasteiger partial charge < -0.3 is 10.6 Å². The van der Waals surface area contributed by atoms with Gasteiger partial charge in [0.05, 0.1) is 6.04 Å². The van der Waals surface area contributed by atoms with Gasteiger partial charge in [-0.1, -0.05) is 36.8 Å². The molecule has 5 nitrogen and oxygen atoms in total. The van der Waals surface area contributed by atoms with Crippen LogP contribution < -0.4 is 10.6 Å². The number of amides is 1. The predicted octanol–water partition coefficient (Wildman–Crippen LogP) is 3.30. The molecule has 2 aromatic rings. The summed E-state index contributed by atoms with van der Waals surface area (Å²) in [6, 6.07) is 12.9. The van der Waals surface area contributed by atoms with Crippen LogP contribution >= 0.6 is 12.4 Å². The van der Waals surface area contributed by atoms with Crippen LogP contribution in [0.15, 0.2) is 42.6 Å². The molecule has 2 aliphatic rings. The lowest BCUT2D eigenvalue weighted by atomic mass is 9.94. The molecule has 1 saturated carbocycles. The fourth-order valence-electron chi connectivity index (χ4n) is 4.20. The van der Waals surface area contributed by atoms with Crippen LogP contribution in [0.3, 0.4) is 0 Å². The van der Waals surface area contributed by atoms with E-state index < -0.39 is 0 Å². The minimum absolute atomic E-state index is 0. The fourth-order valence-corrected chi connectivity index (χ4v) is 4.20. The van der Waals surface area contributed by atoms with Gasteiger partial charge in [-0.3, -0.25) is 9.48 Å². The van der Waals surface area contributed by atoms with E-state index in [1.54, 1.807) is 0 Å². The molecule has 4 rings (SSSR count). The topological polar surface area (TPSA) is 59.0 Å². The van der Waals surface area contributed by atoms with Crippen LogP contribution in [0.1, 0.15) is 60.1 Å². The Labute approximate surface area is 161 Å². The Kier molecular flexibility index (Phi) is 6.33. The van der Waals surface area contributed by atoms with E-state index in [0.29, 0.717) is 17.7 Å². The maximum atomic E-state index is 12.7. The molecule has 1 aromatic heterocycles. The van der Waals surface area contributed by atoms with Crippen molar-refractivity contribution in [3.63, 3.8) is 0 Å². The number of aromatic nitrogens is 2. The summed E-state index contributed by atoms with van der Waals surface area (Å²) in [5.74, 6) is 0.366. The Balaban J connectivity index is 0.00000196. The molecule has 3 unspecified atom stereocenters. The molecule has 26 heavy (non-hydrogen) atoms. The molecule has 6 heteroatoms. The van der Waals surface area contributed by atoms with Gasteiger partial charge >= 0.3 is 0 Å². The molecule has 0 radical (unpaired) electrons. The zero-order valence-corrected chi connectivity index (χ0v) is 15.8. The molecule has 2 N–H and O–H groups in total. The Morgan fingerprint density at radius 3 is 2.73 bits per heavy atom. The van der Waals surface area contributed by atoms with Gasteiger partial charge in [-0.05, 0) is 43.9 Å². The maximum absolute atomic E-state index is 12.7. The smallest absolute Gasteiger partial charge is 0.272 e. The summed E-state index contributed by atoms with van der Waals surface area (Å²) >= 11 is 0. The van der Waals surface area contributed by atoms with E-state index in [1.165, 1.54) is 5.56 Å². The zero-order chi connectivity index (χ0) is 17.1. The van der Waals surface area contributed by atoms with Gasteiger partial charge in [0.15, 0.2) is 0 Å². The van der Waals surface area contributed by atoms with Crippen LogP contribution in [0.2, 0.25) is 0 Å². The second-order valence-electron chi connectivity index (χ2n) is 7.21. The Morgan fingerprint density at radius 1 is 1.12 bits per heavy atom. The van der Waals surface area contributed by atoms with Gasteiger partial charge in [0.2, 0.25) is 0 Å². The number of carbonyl (C=O) groups is 1. The normalized spacial score (nSPS) is 25.5. The highest BCUT2D eigenvalue weighted by Crippen LogP contribution is 2.34. The van der Waals surface area contributed by atoms with Gasteiger partial charge in [0.1, 0.15) is 5.69 Å². The minimum atomic E-state index is -0.0460. The first-order valence-corrected chi connectivity index (χ1v) is 9.43. The van der Waals surface area contributed by atoms with Crippen molar-refractivity contribution in [3.05, 3.63) is 53.9 Å².